The van der Waals surface area contributed by atoms with Crippen LogP contribution < -0.4 is 33.6 Å². The summed E-state index contributed by atoms with van der Waals surface area (Å²) in [6.45, 7) is 0. The first-order valence-corrected chi connectivity index (χ1v) is 1.78. The molecule has 0 spiro atoms. The molecule has 0 unspecified atom stereocenters. The number of carbonyl (C=O) groups is 1. The molecule has 0 aromatic rings. The summed E-state index contributed by atoms with van der Waals surface area (Å²) in [6.07, 6.45) is 0. The predicted molar refractivity (Wildman–Crippen MR) is 26.3 cm³/mol. The molecule has 2 amide bonds. The minimum absolute atomic E-state index is 0.581. The number of urea groups is 1. The highest BCUT2D eigenvalue weighted by atomic mass is 16.2. The van der Waals surface area contributed by atoms with E-state index < -0.39 is 6.03 Å². The van der Waals surface area contributed by atoms with Gasteiger partial charge < -0.3 is 0 Å². The SMILES string of the molecule is NNNNC(=O)NN. The molecule has 0 aliphatic carbocycles. The molecule has 0 fully saturated rings. The lowest BCUT2D eigenvalue weighted by molar-refractivity contribution is 0.233. The number of nitrogens with one attached hydrogen (secondary N) is 4. The Morgan fingerprint density at radius 1 is 1.38 bits per heavy atom. The van der Waals surface area contributed by atoms with Crippen molar-refractivity contribution in [2.24, 2.45) is 11.7 Å². The molecule has 0 heterocycles. The fourth-order valence-electron chi connectivity index (χ4n) is 0.129. The Labute approximate surface area is 45.7 Å². The van der Waals surface area contributed by atoms with E-state index >= 15 is 0 Å². The topological polar surface area (TPSA) is 117 Å². The van der Waals surface area contributed by atoms with Crippen molar-refractivity contribution in [3.63, 3.8) is 0 Å². The Morgan fingerprint density at radius 3 is 2.38 bits per heavy atom. The average molecular weight is 120 g/mol. The van der Waals surface area contributed by atoms with Crippen molar-refractivity contribution in [3.05, 3.63) is 0 Å². The van der Waals surface area contributed by atoms with Gasteiger partial charge in [-0.25, -0.2) is 10.6 Å². The Hall–Kier alpha value is -0.890. The van der Waals surface area contributed by atoms with Crippen LogP contribution in [0.2, 0.25) is 0 Å². The van der Waals surface area contributed by atoms with Gasteiger partial charge in [-0.3, -0.25) is 16.7 Å². The number of hydrogen-bond acceptors (Lipinski definition) is 5. The van der Waals surface area contributed by atoms with E-state index in [1.54, 1.807) is 5.43 Å². The molecule has 0 aliphatic heterocycles. The van der Waals surface area contributed by atoms with Gasteiger partial charge in [0.1, 0.15) is 0 Å². The van der Waals surface area contributed by atoms with Crippen molar-refractivity contribution in [2.75, 3.05) is 0 Å². The summed E-state index contributed by atoms with van der Waals surface area (Å²) in [5.74, 6) is 9.33. The van der Waals surface area contributed by atoms with Gasteiger partial charge in [0.2, 0.25) is 0 Å². The van der Waals surface area contributed by atoms with Gasteiger partial charge in [0, 0.05) is 0 Å². The van der Waals surface area contributed by atoms with Gasteiger partial charge in [-0.2, -0.15) is 11.1 Å². The molecule has 0 saturated heterocycles. The molecule has 7 heteroatoms. The molecule has 8 N–H and O–H groups in total. The lowest BCUT2D eigenvalue weighted by Gasteiger charge is -2.01. The summed E-state index contributed by atoms with van der Waals surface area (Å²) in [5.41, 5.74) is 7.85. The molecule has 0 aromatic carbocycles. The molecule has 0 aliphatic rings. The van der Waals surface area contributed by atoms with Crippen molar-refractivity contribution < 1.29 is 4.79 Å². The quantitative estimate of drug-likeness (QED) is 0.132. The van der Waals surface area contributed by atoms with E-state index in [-0.39, 0.29) is 0 Å². The van der Waals surface area contributed by atoms with E-state index in [9.17, 15) is 4.79 Å². The number of hydrazine groups is 4. The zero-order valence-electron chi connectivity index (χ0n) is 4.06. The summed E-state index contributed by atoms with van der Waals surface area (Å²) in [5, 5.41) is 0. The first-order chi connectivity index (χ1) is 3.81. The van der Waals surface area contributed by atoms with Gasteiger partial charge in [-0.1, -0.05) is 0 Å². The van der Waals surface area contributed by atoms with Crippen molar-refractivity contribution in [2.45, 2.75) is 0 Å². The Morgan fingerprint density at radius 2 is 2.00 bits per heavy atom. The van der Waals surface area contributed by atoms with E-state index in [1.165, 1.54) is 0 Å². The molecule has 0 rings (SSSR count). The molecular weight excluding hydrogens is 112 g/mol. The molecule has 7 nitrogen and oxygen atoms in total. The van der Waals surface area contributed by atoms with Crippen LogP contribution in [-0.2, 0) is 0 Å². The van der Waals surface area contributed by atoms with Crippen LogP contribution in [0.4, 0.5) is 4.79 Å². The Kier molecular flexibility index (Phi) is 3.80. The number of amides is 2. The van der Waals surface area contributed by atoms with E-state index in [1.807, 2.05) is 11.0 Å². The highest BCUT2D eigenvalue weighted by Gasteiger charge is 1.88. The van der Waals surface area contributed by atoms with Crippen molar-refractivity contribution in [3.8, 4) is 0 Å². The fraction of sp³-hybridized carbons (Fsp3) is 0. The monoisotopic (exact) mass is 120 g/mol. The number of carbonyl (C=O) groups excluding carboxylic acids is 1. The first kappa shape index (κ1) is 7.11. The van der Waals surface area contributed by atoms with Gasteiger partial charge in [-0.15, -0.1) is 0 Å². The lowest BCUT2D eigenvalue weighted by atomic mass is 11.1. The highest BCUT2D eigenvalue weighted by Crippen LogP contribution is 1.46. The summed E-state index contributed by atoms with van der Waals surface area (Å²) in [6, 6.07) is -0.581. The largest absolute Gasteiger partial charge is 0.344 e. The second-order valence-corrected chi connectivity index (χ2v) is 0.868. The maximum atomic E-state index is 10.1. The summed E-state index contributed by atoms with van der Waals surface area (Å²) in [7, 11) is 0. The normalized spacial score (nSPS) is 8.25. The van der Waals surface area contributed by atoms with Crippen molar-refractivity contribution >= 4 is 6.03 Å². The van der Waals surface area contributed by atoms with Crippen LogP contribution in [0.5, 0.6) is 0 Å². The van der Waals surface area contributed by atoms with Gasteiger partial charge in [0.25, 0.3) is 0 Å². The fourth-order valence-corrected chi connectivity index (χ4v) is 0.129. The van der Waals surface area contributed by atoms with Gasteiger partial charge in [-0.05, 0) is 0 Å². The van der Waals surface area contributed by atoms with Crippen LogP contribution in [0.25, 0.3) is 0 Å². The van der Waals surface area contributed by atoms with Crippen LogP contribution in [0.3, 0.4) is 0 Å². The highest BCUT2D eigenvalue weighted by molar-refractivity contribution is 5.72. The minimum atomic E-state index is -0.581. The molecule has 0 saturated carbocycles. The van der Waals surface area contributed by atoms with Crippen LogP contribution in [0.15, 0.2) is 0 Å². The zero-order chi connectivity index (χ0) is 6.41. The van der Waals surface area contributed by atoms with E-state index in [0.717, 1.165) is 0 Å². The van der Waals surface area contributed by atoms with Crippen LogP contribution in [-0.4, -0.2) is 6.03 Å². The molecule has 8 heavy (non-hydrogen) atoms. The summed E-state index contributed by atoms with van der Waals surface area (Å²) >= 11 is 0. The van der Waals surface area contributed by atoms with Gasteiger partial charge in [0.05, 0.1) is 0 Å². The molecular formula is CH8N6O. The average Bonchev–Trinajstić information content (AvgIpc) is 1.83. The molecule has 0 aromatic heterocycles. The third-order valence-corrected chi connectivity index (χ3v) is 0.379. The Balaban J connectivity index is 2.99. The van der Waals surface area contributed by atoms with E-state index in [0.29, 0.717) is 0 Å². The van der Waals surface area contributed by atoms with Crippen molar-refractivity contribution in [1.82, 2.24) is 21.9 Å². The van der Waals surface area contributed by atoms with E-state index in [4.69, 9.17) is 0 Å². The number of nitrogens with two attached hydrogens (primary N) is 2. The predicted octanol–water partition coefficient (Wildman–Crippen LogP) is -2.96. The van der Waals surface area contributed by atoms with Crippen LogP contribution in [0, 0.1) is 0 Å². The molecule has 0 atom stereocenters. The standard InChI is InChI=1S/CH8N6O/c2-4-1(8)5-7-6-3/h6-7H,2-3H2,(H2,4,5,8). The van der Waals surface area contributed by atoms with Gasteiger partial charge in [0.15, 0.2) is 0 Å². The second-order valence-electron chi connectivity index (χ2n) is 0.868. The molecule has 0 radical (unpaired) electrons. The van der Waals surface area contributed by atoms with Gasteiger partial charge >= 0.3 is 6.03 Å². The smallest absolute Gasteiger partial charge is 0.275 e. The minimum Gasteiger partial charge on any atom is -0.275 e. The van der Waals surface area contributed by atoms with Crippen LogP contribution >= 0.6 is 0 Å². The Bertz CT molecular complexity index is 70.9. The summed E-state index contributed by atoms with van der Waals surface area (Å²) in [4.78, 5) is 10.1. The lowest BCUT2D eigenvalue weighted by Crippen LogP contribution is -2.54. The molecule has 48 valence electrons. The molecule has 0 bridgehead atoms. The van der Waals surface area contributed by atoms with E-state index in [2.05, 4.69) is 17.2 Å². The zero-order valence-corrected chi connectivity index (χ0v) is 4.06. The number of rotatable bonds is 2. The maximum Gasteiger partial charge on any atom is 0.344 e. The summed E-state index contributed by atoms with van der Waals surface area (Å²) < 4.78 is 0. The first-order valence-electron chi connectivity index (χ1n) is 1.78. The van der Waals surface area contributed by atoms with Crippen molar-refractivity contribution in [1.29, 1.82) is 0 Å². The third kappa shape index (κ3) is 3.31. The maximum absolute atomic E-state index is 10.1. The third-order valence-electron chi connectivity index (χ3n) is 0.379. The van der Waals surface area contributed by atoms with Crippen LogP contribution in [0.1, 0.15) is 0 Å². The second kappa shape index (κ2) is 4.27. The number of hydrogen-bond donors (Lipinski definition) is 6.